The summed E-state index contributed by atoms with van der Waals surface area (Å²) in [6.45, 7) is 0.429. The van der Waals surface area contributed by atoms with Crippen LogP contribution in [0.3, 0.4) is 0 Å². The van der Waals surface area contributed by atoms with Crippen molar-refractivity contribution in [3.63, 3.8) is 0 Å². The molecule has 18 heavy (non-hydrogen) atoms. The topological polar surface area (TPSA) is 26.3 Å². The van der Waals surface area contributed by atoms with E-state index in [0.29, 0.717) is 17.4 Å². The van der Waals surface area contributed by atoms with Crippen LogP contribution in [0.1, 0.15) is 15.9 Å². The number of hydrogen-bond donors (Lipinski definition) is 0. The minimum absolute atomic E-state index is 0.254. The Morgan fingerprint density at radius 3 is 2.50 bits per heavy atom. The van der Waals surface area contributed by atoms with Crippen LogP contribution in [0.2, 0.25) is 5.02 Å². The maximum absolute atomic E-state index is 11.1. The van der Waals surface area contributed by atoms with Gasteiger partial charge < -0.3 is 4.74 Å². The SMILES string of the molecule is O=C(Cl)c1cc(OCc2ccccc2)ccc1Cl. The second-order valence-corrected chi connectivity index (χ2v) is 4.44. The molecule has 0 amide bonds. The lowest BCUT2D eigenvalue weighted by atomic mass is 10.2. The number of rotatable bonds is 4. The molecule has 2 aromatic carbocycles. The van der Waals surface area contributed by atoms with Crippen molar-refractivity contribution in [1.29, 1.82) is 0 Å². The van der Waals surface area contributed by atoms with E-state index in [4.69, 9.17) is 27.9 Å². The summed E-state index contributed by atoms with van der Waals surface area (Å²) >= 11 is 11.3. The first-order valence-corrected chi connectivity index (χ1v) is 6.08. The molecule has 0 N–H and O–H groups in total. The van der Waals surface area contributed by atoms with Gasteiger partial charge in [-0.15, -0.1) is 0 Å². The largest absolute Gasteiger partial charge is 0.489 e. The van der Waals surface area contributed by atoms with Gasteiger partial charge in [-0.25, -0.2) is 0 Å². The number of ether oxygens (including phenoxy) is 1. The van der Waals surface area contributed by atoms with Gasteiger partial charge in [-0.3, -0.25) is 4.79 Å². The van der Waals surface area contributed by atoms with E-state index in [2.05, 4.69) is 0 Å². The average Bonchev–Trinajstić information content (AvgIpc) is 2.38. The molecule has 92 valence electrons. The third-order valence-electron chi connectivity index (χ3n) is 2.40. The van der Waals surface area contributed by atoms with E-state index in [1.165, 1.54) is 0 Å². The Kier molecular flexibility index (Phi) is 4.24. The van der Waals surface area contributed by atoms with Gasteiger partial charge in [0.15, 0.2) is 0 Å². The number of hydrogen-bond acceptors (Lipinski definition) is 2. The van der Waals surface area contributed by atoms with E-state index in [-0.39, 0.29) is 5.56 Å². The van der Waals surface area contributed by atoms with Gasteiger partial charge in [0.25, 0.3) is 5.24 Å². The summed E-state index contributed by atoms with van der Waals surface area (Å²) in [5, 5.41) is -0.271. The molecule has 0 atom stereocenters. The molecule has 0 fully saturated rings. The predicted molar refractivity (Wildman–Crippen MR) is 72.4 cm³/mol. The first kappa shape index (κ1) is 12.9. The maximum atomic E-state index is 11.1. The highest BCUT2D eigenvalue weighted by Gasteiger charge is 2.09. The van der Waals surface area contributed by atoms with Gasteiger partial charge in [-0.2, -0.15) is 0 Å². The van der Waals surface area contributed by atoms with Crippen LogP contribution in [-0.2, 0) is 6.61 Å². The van der Waals surface area contributed by atoms with Crippen molar-refractivity contribution in [2.45, 2.75) is 6.61 Å². The number of carbonyl (C=O) groups is 1. The van der Waals surface area contributed by atoms with Crippen LogP contribution in [-0.4, -0.2) is 5.24 Å². The molecule has 0 spiro atoms. The van der Waals surface area contributed by atoms with Gasteiger partial charge in [0, 0.05) is 0 Å². The van der Waals surface area contributed by atoms with E-state index in [1.807, 2.05) is 30.3 Å². The molecule has 0 radical (unpaired) electrons. The standard InChI is InChI=1S/C14H10Cl2O2/c15-13-7-6-11(8-12(13)14(16)17)18-9-10-4-2-1-3-5-10/h1-8H,9H2. The van der Waals surface area contributed by atoms with Crippen molar-refractivity contribution in [1.82, 2.24) is 0 Å². The molecule has 0 saturated heterocycles. The number of halogens is 2. The highest BCUT2D eigenvalue weighted by atomic mass is 35.5. The molecule has 0 aliphatic carbocycles. The van der Waals surface area contributed by atoms with Crippen molar-refractivity contribution in [2.75, 3.05) is 0 Å². The fraction of sp³-hybridized carbons (Fsp3) is 0.0714. The van der Waals surface area contributed by atoms with Gasteiger partial charge in [-0.1, -0.05) is 41.9 Å². The van der Waals surface area contributed by atoms with E-state index in [9.17, 15) is 4.79 Å². The van der Waals surface area contributed by atoms with Gasteiger partial charge in [0.1, 0.15) is 12.4 Å². The van der Waals surface area contributed by atoms with Crippen molar-refractivity contribution in [2.24, 2.45) is 0 Å². The Morgan fingerprint density at radius 1 is 1.11 bits per heavy atom. The molecule has 0 heterocycles. The van der Waals surface area contributed by atoms with Gasteiger partial charge in [0.2, 0.25) is 0 Å². The lowest BCUT2D eigenvalue weighted by Crippen LogP contribution is -1.97. The minimum atomic E-state index is -0.592. The third kappa shape index (κ3) is 3.25. The molecule has 0 aliphatic rings. The zero-order chi connectivity index (χ0) is 13.0. The maximum Gasteiger partial charge on any atom is 0.254 e. The van der Waals surface area contributed by atoms with E-state index >= 15 is 0 Å². The summed E-state index contributed by atoms with van der Waals surface area (Å²) in [5.74, 6) is 0.562. The molecule has 0 aromatic heterocycles. The molecule has 0 aliphatic heterocycles. The highest BCUT2D eigenvalue weighted by molar-refractivity contribution is 6.68. The van der Waals surface area contributed by atoms with Gasteiger partial charge in [-0.05, 0) is 35.4 Å². The summed E-state index contributed by atoms with van der Waals surface area (Å²) in [6.07, 6.45) is 0. The average molecular weight is 281 g/mol. The Balaban J connectivity index is 2.11. The van der Waals surface area contributed by atoms with Crippen molar-refractivity contribution >= 4 is 28.4 Å². The Morgan fingerprint density at radius 2 is 1.83 bits per heavy atom. The zero-order valence-electron chi connectivity index (χ0n) is 9.40. The van der Waals surface area contributed by atoms with Gasteiger partial charge >= 0.3 is 0 Å². The highest BCUT2D eigenvalue weighted by Crippen LogP contribution is 2.24. The molecular formula is C14H10Cl2O2. The Bertz CT molecular complexity index is 553. The fourth-order valence-corrected chi connectivity index (χ4v) is 1.89. The van der Waals surface area contributed by atoms with E-state index in [1.54, 1.807) is 18.2 Å². The summed E-state index contributed by atoms with van der Waals surface area (Å²) < 4.78 is 5.57. The molecule has 4 heteroatoms. The van der Waals surface area contributed by atoms with Crippen molar-refractivity contribution < 1.29 is 9.53 Å². The first-order chi connectivity index (χ1) is 8.66. The lowest BCUT2D eigenvalue weighted by Gasteiger charge is -2.07. The van der Waals surface area contributed by atoms with Crippen LogP contribution < -0.4 is 4.74 Å². The van der Waals surface area contributed by atoms with Crippen LogP contribution in [0, 0.1) is 0 Å². The smallest absolute Gasteiger partial charge is 0.254 e. The van der Waals surface area contributed by atoms with Crippen LogP contribution in [0.5, 0.6) is 5.75 Å². The monoisotopic (exact) mass is 280 g/mol. The molecule has 0 unspecified atom stereocenters. The van der Waals surface area contributed by atoms with Crippen LogP contribution in [0.15, 0.2) is 48.5 Å². The molecule has 2 aromatic rings. The predicted octanol–water partition coefficient (Wildman–Crippen LogP) is 4.30. The van der Waals surface area contributed by atoms with Crippen molar-refractivity contribution in [3.05, 3.63) is 64.7 Å². The molecule has 2 nitrogen and oxygen atoms in total. The first-order valence-electron chi connectivity index (χ1n) is 5.33. The Hall–Kier alpha value is -1.51. The van der Waals surface area contributed by atoms with E-state index in [0.717, 1.165) is 5.56 Å². The summed E-state index contributed by atoms with van der Waals surface area (Å²) in [5.41, 5.74) is 1.30. The molecular weight excluding hydrogens is 271 g/mol. The second-order valence-electron chi connectivity index (χ2n) is 3.69. The van der Waals surface area contributed by atoms with Crippen molar-refractivity contribution in [3.8, 4) is 5.75 Å². The van der Waals surface area contributed by atoms with Crippen LogP contribution >= 0.6 is 23.2 Å². The fourth-order valence-electron chi connectivity index (χ4n) is 1.49. The summed E-state index contributed by atoms with van der Waals surface area (Å²) in [6, 6.07) is 14.6. The summed E-state index contributed by atoms with van der Waals surface area (Å²) in [7, 11) is 0. The van der Waals surface area contributed by atoms with Gasteiger partial charge in [0.05, 0.1) is 10.6 Å². The van der Waals surface area contributed by atoms with Crippen LogP contribution in [0.25, 0.3) is 0 Å². The quantitative estimate of drug-likeness (QED) is 0.781. The summed E-state index contributed by atoms with van der Waals surface area (Å²) in [4.78, 5) is 11.1. The lowest BCUT2D eigenvalue weighted by molar-refractivity contribution is 0.108. The number of benzene rings is 2. The Labute approximate surface area is 115 Å². The molecule has 0 bridgehead atoms. The second kappa shape index (κ2) is 5.89. The number of carbonyl (C=O) groups excluding carboxylic acids is 1. The zero-order valence-corrected chi connectivity index (χ0v) is 10.9. The molecule has 2 rings (SSSR count). The van der Waals surface area contributed by atoms with E-state index < -0.39 is 5.24 Å². The third-order valence-corrected chi connectivity index (χ3v) is 2.93. The van der Waals surface area contributed by atoms with Crippen LogP contribution in [0.4, 0.5) is 0 Å². The molecule has 0 saturated carbocycles. The normalized spacial score (nSPS) is 10.1. The minimum Gasteiger partial charge on any atom is -0.489 e.